The second-order valence-electron chi connectivity index (χ2n) is 3.56. The van der Waals surface area contributed by atoms with E-state index < -0.39 is 12.3 Å². The molecule has 3 nitrogen and oxygen atoms in total. The number of methoxy groups -OCH3 is 1. The lowest BCUT2D eigenvalue weighted by atomic mass is 10.1. The van der Waals surface area contributed by atoms with Crippen molar-refractivity contribution in [3.8, 4) is 0 Å². The molecule has 2 atom stereocenters. The van der Waals surface area contributed by atoms with Crippen LogP contribution < -0.4 is 0 Å². The number of aliphatic hydroxyl groups is 1. The van der Waals surface area contributed by atoms with E-state index in [1.165, 1.54) is 13.2 Å². The summed E-state index contributed by atoms with van der Waals surface area (Å²) in [7, 11) is 4.92. The van der Waals surface area contributed by atoms with Crippen LogP contribution in [0, 0.1) is 5.82 Å². The molecule has 84 valence electrons. The third kappa shape index (κ3) is 2.75. The van der Waals surface area contributed by atoms with Crippen molar-refractivity contribution >= 4 is 0 Å². The van der Waals surface area contributed by atoms with Gasteiger partial charge in [0.2, 0.25) is 0 Å². The summed E-state index contributed by atoms with van der Waals surface area (Å²) in [6.45, 7) is 0. The molecule has 0 aromatic heterocycles. The maximum atomic E-state index is 13.5. The standard InChI is InChI=1S/C11H16FNO2/c1-13(2)10(11(14)15-3)8-6-4-5-7-9(8)12/h4-7,10-11,14H,1-3H3. The van der Waals surface area contributed by atoms with Gasteiger partial charge in [-0.1, -0.05) is 18.2 Å². The molecule has 15 heavy (non-hydrogen) atoms. The van der Waals surface area contributed by atoms with Gasteiger partial charge in [0, 0.05) is 12.7 Å². The zero-order valence-corrected chi connectivity index (χ0v) is 9.14. The van der Waals surface area contributed by atoms with Crippen LogP contribution in [-0.2, 0) is 4.74 Å². The van der Waals surface area contributed by atoms with E-state index in [1.807, 2.05) is 0 Å². The van der Waals surface area contributed by atoms with Gasteiger partial charge in [-0.3, -0.25) is 4.90 Å². The lowest BCUT2D eigenvalue weighted by Crippen LogP contribution is -2.33. The van der Waals surface area contributed by atoms with E-state index in [0.29, 0.717) is 5.56 Å². The summed E-state index contributed by atoms with van der Waals surface area (Å²) in [5.74, 6) is -0.340. The van der Waals surface area contributed by atoms with E-state index in [1.54, 1.807) is 37.2 Å². The Morgan fingerprint density at radius 2 is 1.93 bits per heavy atom. The molecule has 4 heteroatoms. The van der Waals surface area contributed by atoms with Gasteiger partial charge < -0.3 is 9.84 Å². The summed E-state index contributed by atoms with van der Waals surface area (Å²) in [4.78, 5) is 1.71. The Hall–Kier alpha value is -0.970. The lowest BCUT2D eigenvalue weighted by Gasteiger charge is -2.28. The van der Waals surface area contributed by atoms with Crippen LogP contribution in [0.1, 0.15) is 11.6 Å². The molecule has 0 saturated carbocycles. The number of benzene rings is 1. The quantitative estimate of drug-likeness (QED) is 0.767. The van der Waals surface area contributed by atoms with Gasteiger partial charge in [-0.25, -0.2) is 4.39 Å². The molecule has 1 aromatic rings. The second-order valence-corrected chi connectivity index (χ2v) is 3.56. The highest BCUT2D eigenvalue weighted by molar-refractivity contribution is 5.21. The summed E-state index contributed by atoms with van der Waals surface area (Å²) in [6.07, 6.45) is -1.04. The molecule has 0 heterocycles. The van der Waals surface area contributed by atoms with E-state index in [9.17, 15) is 9.50 Å². The normalized spacial score (nSPS) is 15.3. The smallest absolute Gasteiger partial charge is 0.174 e. The molecular weight excluding hydrogens is 197 g/mol. The van der Waals surface area contributed by atoms with E-state index in [4.69, 9.17) is 4.74 Å². The summed E-state index contributed by atoms with van der Waals surface area (Å²) in [5, 5.41) is 9.64. The van der Waals surface area contributed by atoms with Crippen LogP contribution in [0.4, 0.5) is 4.39 Å². The van der Waals surface area contributed by atoms with Crippen molar-refractivity contribution in [3.63, 3.8) is 0 Å². The largest absolute Gasteiger partial charge is 0.366 e. The molecular formula is C11H16FNO2. The number of hydrogen-bond donors (Lipinski definition) is 1. The number of halogens is 1. The lowest BCUT2D eigenvalue weighted by molar-refractivity contribution is -0.120. The molecule has 0 bridgehead atoms. The summed E-state index contributed by atoms with van der Waals surface area (Å²) < 4.78 is 18.3. The van der Waals surface area contributed by atoms with Crippen molar-refractivity contribution in [1.82, 2.24) is 4.90 Å². The summed E-state index contributed by atoms with van der Waals surface area (Å²) >= 11 is 0. The molecule has 1 rings (SSSR count). The first-order valence-corrected chi connectivity index (χ1v) is 4.69. The zero-order valence-electron chi connectivity index (χ0n) is 9.14. The predicted octanol–water partition coefficient (Wildman–Crippen LogP) is 1.39. The predicted molar refractivity (Wildman–Crippen MR) is 55.8 cm³/mol. The fourth-order valence-electron chi connectivity index (χ4n) is 1.53. The Balaban J connectivity index is 3.04. The first-order valence-electron chi connectivity index (χ1n) is 4.69. The maximum Gasteiger partial charge on any atom is 0.174 e. The van der Waals surface area contributed by atoms with Gasteiger partial charge in [0.25, 0.3) is 0 Å². The van der Waals surface area contributed by atoms with Crippen LogP contribution in [0.15, 0.2) is 24.3 Å². The van der Waals surface area contributed by atoms with Crippen LogP contribution in [0.25, 0.3) is 0 Å². The van der Waals surface area contributed by atoms with Crippen molar-refractivity contribution in [1.29, 1.82) is 0 Å². The van der Waals surface area contributed by atoms with E-state index >= 15 is 0 Å². The third-order valence-corrected chi connectivity index (χ3v) is 2.29. The number of aliphatic hydroxyl groups excluding tert-OH is 1. The number of hydrogen-bond acceptors (Lipinski definition) is 3. The molecule has 0 aliphatic heterocycles. The van der Waals surface area contributed by atoms with Gasteiger partial charge in [-0.05, 0) is 20.2 Å². The minimum atomic E-state index is -1.04. The van der Waals surface area contributed by atoms with Gasteiger partial charge in [0.15, 0.2) is 6.29 Å². The fourth-order valence-corrected chi connectivity index (χ4v) is 1.53. The number of ether oxygens (including phenoxy) is 1. The Morgan fingerprint density at radius 3 is 2.40 bits per heavy atom. The third-order valence-electron chi connectivity index (χ3n) is 2.29. The van der Waals surface area contributed by atoms with Crippen molar-refractivity contribution in [3.05, 3.63) is 35.6 Å². The zero-order chi connectivity index (χ0) is 11.4. The van der Waals surface area contributed by atoms with Crippen molar-refractivity contribution in [2.24, 2.45) is 0 Å². The van der Waals surface area contributed by atoms with Gasteiger partial charge in [-0.15, -0.1) is 0 Å². The highest BCUT2D eigenvalue weighted by atomic mass is 19.1. The molecule has 0 aliphatic carbocycles. The van der Waals surface area contributed by atoms with Crippen molar-refractivity contribution in [2.75, 3.05) is 21.2 Å². The SMILES string of the molecule is COC(O)C(c1ccccc1F)N(C)C. The van der Waals surface area contributed by atoms with Crippen LogP contribution >= 0.6 is 0 Å². The maximum absolute atomic E-state index is 13.5. The summed E-state index contributed by atoms with van der Waals surface area (Å²) in [6, 6.07) is 5.86. The van der Waals surface area contributed by atoms with Crippen LogP contribution in [0.5, 0.6) is 0 Å². The highest BCUT2D eigenvalue weighted by Gasteiger charge is 2.25. The molecule has 0 amide bonds. The average molecular weight is 213 g/mol. The van der Waals surface area contributed by atoms with Crippen LogP contribution in [0.3, 0.4) is 0 Å². The molecule has 0 aliphatic rings. The van der Waals surface area contributed by atoms with Crippen LogP contribution in [-0.4, -0.2) is 37.5 Å². The second kappa shape index (κ2) is 5.21. The number of rotatable bonds is 4. The van der Waals surface area contributed by atoms with E-state index in [0.717, 1.165) is 0 Å². The highest BCUT2D eigenvalue weighted by Crippen LogP contribution is 2.24. The Labute approximate surface area is 89.1 Å². The van der Waals surface area contributed by atoms with Crippen LogP contribution in [0.2, 0.25) is 0 Å². The van der Waals surface area contributed by atoms with E-state index in [-0.39, 0.29) is 5.82 Å². The Morgan fingerprint density at radius 1 is 1.33 bits per heavy atom. The minimum Gasteiger partial charge on any atom is -0.366 e. The molecule has 2 unspecified atom stereocenters. The Kier molecular flexibility index (Phi) is 4.20. The minimum absolute atomic E-state index is 0.340. The molecule has 0 fully saturated rings. The first-order chi connectivity index (χ1) is 7.07. The van der Waals surface area contributed by atoms with Gasteiger partial charge in [-0.2, -0.15) is 0 Å². The Bertz CT molecular complexity index is 317. The molecule has 0 saturated heterocycles. The topological polar surface area (TPSA) is 32.7 Å². The number of nitrogens with zero attached hydrogens (tertiary/aromatic N) is 1. The first kappa shape index (κ1) is 12.1. The number of likely N-dealkylation sites (N-methyl/N-ethyl adjacent to an activating group) is 1. The monoisotopic (exact) mass is 213 g/mol. The van der Waals surface area contributed by atoms with Gasteiger partial charge in [0.05, 0.1) is 6.04 Å². The van der Waals surface area contributed by atoms with E-state index in [2.05, 4.69) is 0 Å². The van der Waals surface area contributed by atoms with Crippen molar-refractivity contribution < 1.29 is 14.2 Å². The van der Waals surface area contributed by atoms with Gasteiger partial charge in [0.1, 0.15) is 5.82 Å². The molecule has 1 aromatic carbocycles. The fraction of sp³-hybridized carbons (Fsp3) is 0.455. The van der Waals surface area contributed by atoms with Gasteiger partial charge >= 0.3 is 0 Å². The molecule has 1 N–H and O–H groups in total. The summed E-state index contributed by atoms with van der Waals surface area (Å²) in [5.41, 5.74) is 0.428. The van der Waals surface area contributed by atoms with Crippen molar-refractivity contribution in [2.45, 2.75) is 12.3 Å². The average Bonchev–Trinajstić information content (AvgIpc) is 2.20. The molecule has 0 radical (unpaired) electrons. The molecule has 0 spiro atoms.